The number of hydrogen-bond donors (Lipinski definition) is 0. The fourth-order valence-corrected chi connectivity index (χ4v) is 4.57. The van der Waals surface area contributed by atoms with Crippen LogP contribution >= 0.6 is 38.6 Å². The molecule has 24 heavy (non-hydrogen) atoms. The highest BCUT2D eigenvalue weighted by molar-refractivity contribution is 9.10. The number of halogens is 1. The normalized spacial score (nSPS) is 17.6. The summed E-state index contributed by atoms with van der Waals surface area (Å²) in [6, 6.07) is 17.1. The van der Waals surface area contributed by atoms with Gasteiger partial charge in [0.1, 0.15) is 0 Å². The number of allylic oxidation sites excluding steroid dienone is 1. The van der Waals surface area contributed by atoms with Crippen molar-refractivity contribution >= 4 is 56.1 Å². The molecule has 0 spiro atoms. The Morgan fingerprint density at radius 1 is 1.04 bits per heavy atom. The van der Waals surface area contributed by atoms with E-state index in [1.54, 1.807) is 22.7 Å². The van der Waals surface area contributed by atoms with E-state index in [0.29, 0.717) is 0 Å². The van der Waals surface area contributed by atoms with Crippen LogP contribution in [-0.4, -0.2) is 5.71 Å². The average molecular weight is 415 g/mol. The summed E-state index contributed by atoms with van der Waals surface area (Å²) >= 11 is 7.10. The van der Waals surface area contributed by atoms with Crippen molar-refractivity contribution in [3.63, 3.8) is 0 Å². The smallest absolute Gasteiger partial charge is 0.0923 e. The van der Waals surface area contributed by atoms with Crippen LogP contribution in [0.4, 0.5) is 5.69 Å². The average Bonchev–Trinajstić information content (AvgIpc) is 3.33. The molecule has 0 radical (unpaired) electrons. The van der Waals surface area contributed by atoms with Crippen LogP contribution in [0, 0.1) is 0 Å². The molecule has 0 N–H and O–H groups in total. The summed E-state index contributed by atoms with van der Waals surface area (Å²) in [5.41, 5.74) is 2.23. The van der Waals surface area contributed by atoms with E-state index in [-0.39, 0.29) is 6.04 Å². The quantitative estimate of drug-likeness (QED) is 0.469. The van der Waals surface area contributed by atoms with Gasteiger partial charge in [-0.15, -0.1) is 22.7 Å². The molecule has 1 unspecified atom stereocenters. The minimum absolute atomic E-state index is 0.266. The molecule has 0 saturated carbocycles. The predicted molar refractivity (Wildman–Crippen MR) is 109 cm³/mol. The van der Waals surface area contributed by atoms with Crippen molar-refractivity contribution in [1.29, 1.82) is 0 Å². The first-order chi connectivity index (χ1) is 11.8. The lowest BCUT2D eigenvalue weighted by Gasteiger charge is -2.22. The Hall–Kier alpha value is -1.69. The van der Waals surface area contributed by atoms with E-state index in [1.807, 2.05) is 6.07 Å². The number of nitrogens with zero attached hydrogens (tertiary/aromatic N) is 2. The van der Waals surface area contributed by atoms with Crippen LogP contribution < -0.4 is 5.01 Å². The van der Waals surface area contributed by atoms with Gasteiger partial charge in [-0.3, -0.25) is 5.01 Å². The minimum atomic E-state index is 0.266. The molecule has 1 aliphatic heterocycles. The molecule has 0 aliphatic carbocycles. The van der Waals surface area contributed by atoms with Crippen LogP contribution in [-0.2, 0) is 0 Å². The summed E-state index contributed by atoms with van der Waals surface area (Å²) in [6.07, 6.45) is 5.22. The lowest BCUT2D eigenvalue weighted by molar-refractivity contribution is 0.722. The number of hydrogen-bond acceptors (Lipinski definition) is 4. The van der Waals surface area contributed by atoms with Gasteiger partial charge in [-0.05, 0) is 53.2 Å². The van der Waals surface area contributed by atoms with Gasteiger partial charge in [0.15, 0.2) is 0 Å². The van der Waals surface area contributed by atoms with Gasteiger partial charge in [-0.2, -0.15) is 5.10 Å². The SMILES string of the molecule is Brc1cccc(N2N=C(C=Cc3cccs3)CC2c2cccs2)c1. The number of thiophene rings is 2. The molecule has 3 aromatic rings. The maximum atomic E-state index is 4.89. The molecular weight excluding hydrogens is 400 g/mol. The summed E-state index contributed by atoms with van der Waals surface area (Å²) in [5.74, 6) is 0. The standard InChI is InChI=1S/C19H15BrN2S2/c20-14-4-1-5-16(12-14)22-18(19-7-3-11-24-19)13-15(21-22)8-9-17-6-2-10-23-17/h1-12,18H,13H2. The Labute approximate surface area is 157 Å². The second-order valence-electron chi connectivity index (χ2n) is 5.50. The first kappa shape index (κ1) is 15.8. The van der Waals surface area contributed by atoms with Gasteiger partial charge >= 0.3 is 0 Å². The molecule has 3 heterocycles. The predicted octanol–water partition coefficient (Wildman–Crippen LogP) is 6.59. The fraction of sp³-hybridized carbons (Fsp3) is 0.105. The van der Waals surface area contributed by atoms with Gasteiger partial charge in [0.05, 0.1) is 17.4 Å². The largest absolute Gasteiger partial charge is 0.257 e. The molecule has 0 bridgehead atoms. The van der Waals surface area contributed by atoms with E-state index in [2.05, 4.69) is 86.3 Å². The summed E-state index contributed by atoms with van der Waals surface area (Å²) in [5, 5.41) is 11.3. The van der Waals surface area contributed by atoms with Crippen molar-refractivity contribution in [2.24, 2.45) is 5.10 Å². The number of anilines is 1. The molecule has 1 aliphatic rings. The number of rotatable bonds is 4. The van der Waals surface area contributed by atoms with Crippen molar-refractivity contribution in [3.05, 3.63) is 79.6 Å². The second-order valence-corrected chi connectivity index (χ2v) is 8.37. The van der Waals surface area contributed by atoms with E-state index in [1.165, 1.54) is 9.75 Å². The molecule has 4 rings (SSSR count). The van der Waals surface area contributed by atoms with Crippen LogP contribution in [0.15, 0.2) is 74.9 Å². The summed E-state index contributed by atoms with van der Waals surface area (Å²) in [4.78, 5) is 2.60. The maximum Gasteiger partial charge on any atom is 0.0923 e. The zero-order valence-electron chi connectivity index (χ0n) is 12.8. The van der Waals surface area contributed by atoms with Gasteiger partial charge < -0.3 is 0 Å². The van der Waals surface area contributed by atoms with Crippen molar-refractivity contribution in [3.8, 4) is 0 Å². The third-order valence-electron chi connectivity index (χ3n) is 3.86. The van der Waals surface area contributed by atoms with Crippen LogP contribution in [0.1, 0.15) is 22.2 Å². The summed E-state index contributed by atoms with van der Waals surface area (Å²) in [6.45, 7) is 0. The van der Waals surface area contributed by atoms with Gasteiger partial charge in [-0.1, -0.05) is 34.1 Å². The second kappa shape index (κ2) is 7.05. The molecule has 0 amide bonds. The van der Waals surface area contributed by atoms with E-state index < -0.39 is 0 Å². The van der Waals surface area contributed by atoms with Gasteiger partial charge in [0.25, 0.3) is 0 Å². The molecule has 0 fully saturated rings. The highest BCUT2D eigenvalue weighted by Gasteiger charge is 2.28. The molecule has 1 atom stereocenters. The maximum absolute atomic E-state index is 4.89. The first-order valence-corrected chi connectivity index (χ1v) is 10.2. The number of benzene rings is 1. The van der Waals surface area contributed by atoms with E-state index >= 15 is 0 Å². The highest BCUT2D eigenvalue weighted by atomic mass is 79.9. The molecule has 2 aromatic heterocycles. The fourth-order valence-electron chi connectivity index (χ4n) is 2.76. The van der Waals surface area contributed by atoms with Crippen LogP contribution in [0.3, 0.4) is 0 Å². The van der Waals surface area contributed by atoms with E-state index in [0.717, 1.165) is 22.3 Å². The first-order valence-electron chi connectivity index (χ1n) is 7.67. The molecule has 120 valence electrons. The van der Waals surface area contributed by atoms with Gasteiger partial charge in [-0.25, -0.2) is 0 Å². The third-order valence-corrected chi connectivity index (χ3v) is 6.17. The van der Waals surface area contributed by atoms with Crippen LogP contribution in [0.25, 0.3) is 6.08 Å². The summed E-state index contributed by atoms with van der Waals surface area (Å²) < 4.78 is 1.07. The molecular formula is C19H15BrN2S2. The zero-order chi connectivity index (χ0) is 16.4. The van der Waals surface area contributed by atoms with Gasteiger partial charge in [0, 0.05) is 20.6 Å². The minimum Gasteiger partial charge on any atom is -0.257 e. The van der Waals surface area contributed by atoms with Crippen LogP contribution in [0.2, 0.25) is 0 Å². The van der Waals surface area contributed by atoms with Crippen molar-refractivity contribution in [1.82, 2.24) is 0 Å². The topological polar surface area (TPSA) is 15.6 Å². The van der Waals surface area contributed by atoms with Crippen LogP contribution in [0.5, 0.6) is 0 Å². The van der Waals surface area contributed by atoms with Gasteiger partial charge in [0.2, 0.25) is 0 Å². The van der Waals surface area contributed by atoms with E-state index in [4.69, 9.17) is 5.10 Å². The molecule has 1 aromatic carbocycles. The number of hydrazone groups is 1. The monoisotopic (exact) mass is 414 g/mol. The lowest BCUT2D eigenvalue weighted by Crippen LogP contribution is -2.17. The Morgan fingerprint density at radius 3 is 2.67 bits per heavy atom. The summed E-state index contributed by atoms with van der Waals surface area (Å²) in [7, 11) is 0. The lowest BCUT2D eigenvalue weighted by atomic mass is 10.1. The molecule has 0 saturated heterocycles. The highest BCUT2D eigenvalue weighted by Crippen LogP contribution is 2.38. The van der Waals surface area contributed by atoms with E-state index in [9.17, 15) is 0 Å². The van der Waals surface area contributed by atoms with Crippen molar-refractivity contribution < 1.29 is 0 Å². The Balaban J connectivity index is 1.66. The Bertz CT molecular complexity index is 867. The molecule has 2 nitrogen and oxygen atoms in total. The third kappa shape index (κ3) is 3.38. The molecule has 5 heteroatoms. The van der Waals surface area contributed by atoms with Crippen molar-refractivity contribution in [2.45, 2.75) is 12.5 Å². The van der Waals surface area contributed by atoms with Crippen molar-refractivity contribution in [2.75, 3.05) is 5.01 Å². The Kier molecular flexibility index (Phi) is 4.65. The zero-order valence-corrected chi connectivity index (χ0v) is 16.0. The Morgan fingerprint density at radius 2 is 1.92 bits per heavy atom.